The first-order valence-electron chi connectivity index (χ1n) is 11.0. The molecule has 1 fully saturated rings. The summed E-state index contributed by atoms with van der Waals surface area (Å²) in [6, 6.07) is 22.3. The summed E-state index contributed by atoms with van der Waals surface area (Å²) in [5.41, 5.74) is 5.72. The van der Waals surface area contributed by atoms with Crippen molar-refractivity contribution < 1.29 is 19.0 Å². The summed E-state index contributed by atoms with van der Waals surface area (Å²) in [7, 11) is 0. The van der Waals surface area contributed by atoms with E-state index in [-0.39, 0.29) is 13.0 Å². The predicted octanol–water partition coefficient (Wildman–Crippen LogP) is 5.31. The molecule has 1 amide bonds. The minimum atomic E-state index is -0.866. The van der Waals surface area contributed by atoms with Gasteiger partial charge in [-0.25, -0.2) is 0 Å². The summed E-state index contributed by atoms with van der Waals surface area (Å²) in [4.78, 5) is 14.1. The third-order valence-electron chi connectivity index (χ3n) is 5.51. The number of nitrogens with zero attached hydrogens (tertiary/aromatic N) is 1. The quantitative estimate of drug-likeness (QED) is 0.430. The zero-order valence-electron chi connectivity index (χ0n) is 18.6. The van der Waals surface area contributed by atoms with Crippen LogP contribution in [0.25, 0.3) is 0 Å². The second kappa shape index (κ2) is 11.1. The first-order chi connectivity index (χ1) is 16.4. The van der Waals surface area contributed by atoms with Crippen LogP contribution in [0.15, 0.2) is 72.8 Å². The lowest BCUT2D eigenvalue weighted by Crippen LogP contribution is -2.56. The molecule has 34 heavy (non-hydrogen) atoms. The van der Waals surface area contributed by atoms with Gasteiger partial charge >= 0.3 is 0 Å². The first kappa shape index (κ1) is 24.4. The van der Waals surface area contributed by atoms with Gasteiger partial charge in [0.15, 0.2) is 0 Å². The van der Waals surface area contributed by atoms with Crippen molar-refractivity contribution in [3.8, 4) is 17.2 Å². The Morgan fingerprint density at radius 3 is 2.44 bits per heavy atom. The number of morpholine rings is 1. The summed E-state index contributed by atoms with van der Waals surface area (Å²) >= 11 is 12.2. The fraction of sp³-hybridized carbons (Fsp3) is 0.269. The number of nitrogens with two attached hydrogens (primary N) is 1. The number of rotatable bonds is 9. The highest BCUT2D eigenvalue weighted by atomic mass is 35.5. The van der Waals surface area contributed by atoms with E-state index in [4.69, 9.17) is 43.1 Å². The molecule has 4 rings (SSSR count). The number of halogens is 2. The normalized spacial score (nSPS) is 18.4. The molecule has 3 aromatic carbocycles. The van der Waals surface area contributed by atoms with Gasteiger partial charge in [-0.3, -0.25) is 9.69 Å². The maximum atomic E-state index is 11.9. The van der Waals surface area contributed by atoms with Crippen LogP contribution >= 0.6 is 23.2 Å². The maximum Gasteiger partial charge on any atom is 0.220 e. The molecule has 2 N–H and O–H groups in total. The molecule has 1 atom stereocenters. The number of hydrogen-bond acceptors (Lipinski definition) is 5. The van der Waals surface area contributed by atoms with E-state index in [9.17, 15) is 4.79 Å². The summed E-state index contributed by atoms with van der Waals surface area (Å²) in [6.07, 6.45) is 0.0464. The Bertz CT molecular complexity index is 1140. The molecule has 0 unspecified atom stereocenters. The second-order valence-corrected chi connectivity index (χ2v) is 9.17. The number of amides is 1. The van der Waals surface area contributed by atoms with E-state index in [0.717, 1.165) is 11.3 Å². The standard InChI is InChI=1S/C26H26Cl2N2O4/c27-20-6-3-8-22(13-20)32-18-26(15-25(29)31)17-30(11-12-33-26)16-19-5-1-2-10-24(19)34-23-9-4-7-21(28)14-23/h1-10,13-14H,11-12,15-18H2,(H2,29,31)/t26-/m1/s1. The van der Waals surface area contributed by atoms with Crippen LogP contribution in [0, 0.1) is 0 Å². The van der Waals surface area contributed by atoms with Crippen molar-refractivity contribution in [3.05, 3.63) is 88.4 Å². The lowest BCUT2D eigenvalue weighted by Gasteiger charge is -2.42. The Balaban J connectivity index is 1.49. The third kappa shape index (κ3) is 6.64. The molecule has 0 aromatic heterocycles. The molecule has 0 spiro atoms. The Kier molecular flexibility index (Phi) is 7.95. The van der Waals surface area contributed by atoms with Crippen LogP contribution in [-0.4, -0.2) is 42.7 Å². The molecule has 3 aromatic rings. The van der Waals surface area contributed by atoms with E-state index in [1.54, 1.807) is 24.3 Å². The molecule has 0 saturated carbocycles. The van der Waals surface area contributed by atoms with Gasteiger partial charge in [-0.05, 0) is 42.5 Å². The van der Waals surface area contributed by atoms with Crippen LogP contribution in [0.2, 0.25) is 10.0 Å². The average Bonchev–Trinajstić information content (AvgIpc) is 2.79. The lowest BCUT2D eigenvalue weighted by molar-refractivity contribution is -0.148. The van der Waals surface area contributed by atoms with Crippen molar-refractivity contribution >= 4 is 29.1 Å². The van der Waals surface area contributed by atoms with Gasteiger partial charge < -0.3 is 19.9 Å². The molecule has 1 aliphatic rings. The van der Waals surface area contributed by atoms with Crippen molar-refractivity contribution in [2.75, 3.05) is 26.3 Å². The maximum absolute atomic E-state index is 11.9. The molecule has 8 heteroatoms. The molecular formula is C26H26Cl2N2O4. The van der Waals surface area contributed by atoms with Crippen LogP contribution in [0.1, 0.15) is 12.0 Å². The fourth-order valence-electron chi connectivity index (χ4n) is 4.03. The van der Waals surface area contributed by atoms with E-state index >= 15 is 0 Å². The topological polar surface area (TPSA) is 74.0 Å². The first-order valence-corrected chi connectivity index (χ1v) is 11.7. The van der Waals surface area contributed by atoms with E-state index in [1.165, 1.54) is 0 Å². The molecule has 1 saturated heterocycles. The monoisotopic (exact) mass is 500 g/mol. The minimum Gasteiger partial charge on any atom is -0.490 e. The molecule has 178 valence electrons. The molecule has 6 nitrogen and oxygen atoms in total. The number of benzene rings is 3. The molecular weight excluding hydrogens is 475 g/mol. The van der Waals surface area contributed by atoms with Gasteiger partial charge in [-0.15, -0.1) is 0 Å². The Labute approximate surface area is 209 Å². The van der Waals surface area contributed by atoms with Crippen molar-refractivity contribution in [2.45, 2.75) is 18.6 Å². The molecule has 0 aliphatic carbocycles. The van der Waals surface area contributed by atoms with Gasteiger partial charge in [0.05, 0.1) is 13.0 Å². The second-order valence-electron chi connectivity index (χ2n) is 8.30. The smallest absolute Gasteiger partial charge is 0.220 e. The van der Waals surface area contributed by atoms with E-state index in [0.29, 0.717) is 47.8 Å². The van der Waals surface area contributed by atoms with Crippen LogP contribution in [0.3, 0.4) is 0 Å². The van der Waals surface area contributed by atoms with Gasteiger partial charge in [0.1, 0.15) is 29.5 Å². The summed E-state index contributed by atoms with van der Waals surface area (Å²) < 4.78 is 18.2. The molecule has 1 aliphatic heterocycles. The van der Waals surface area contributed by atoms with Crippen molar-refractivity contribution in [1.82, 2.24) is 4.90 Å². The highest BCUT2D eigenvalue weighted by Crippen LogP contribution is 2.30. The van der Waals surface area contributed by atoms with Crippen LogP contribution in [0.5, 0.6) is 17.2 Å². The number of hydrogen-bond donors (Lipinski definition) is 1. The van der Waals surface area contributed by atoms with E-state index < -0.39 is 11.5 Å². The van der Waals surface area contributed by atoms with Gasteiger partial charge in [0.2, 0.25) is 5.91 Å². The summed E-state index contributed by atoms with van der Waals surface area (Å²) in [6.45, 7) is 2.40. The number of para-hydroxylation sites is 1. The van der Waals surface area contributed by atoms with Crippen molar-refractivity contribution in [1.29, 1.82) is 0 Å². The predicted molar refractivity (Wildman–Crippen MR) is 133 cm³/mol. The summed E-state index contributed by atoms with van der Waals surface area (Å²) in [5, 5.41) is 1.18. The van der Waals surface area contributed by atoms with Gasteiger partial charge in [0, 0.05) is 35.2 Å². The van der Waals surface area contributed by atoms with Crippen LogP contribution < -0.4 is 15.2 Å². The number of primary amides is 1. The third-order valence-corrected chi connectivity index (χ3v) is 5.98. The van der Waals surface area contributed by atoms with Crippen molar-refractivity contribution in [2.24, 2.45) is 5.73 Å². The number of carbonyl (C=O) groups is 1. The molecule has 0 bridgehead atoms. The van der Waals surface area contributed by atoms with Crippen LogP contribution in [-0.2, 0) is 16.1 Å². The van der Waals surface area contributed by atoms with E-state index in [1.807, 2.05) is 48.5 Å². The van der Waals surface area contributed by atoms with E-state index in [2.05, 4.69) is 4.90 Å². The SMILES string of the molecule is NC(=O)C[C@]1(COc2cccc(Cl)c2)CN(Cc2ccccc2Oc2cccc(Cl)c2)CCO1. The molecule has 1 heterocycles. The van der Waals surface area contributed by atoms with Crippen molar-refractivity contribution in [3.63, 3.8) is 0 Å². The Morgan fingerprint density at radius 2 is 1.71 bits per heavy atom. The Hall–Kier alpha value is -2.77. The zero-order valence-corrected chi connectivity index (χ0v) is 20.1. The zero-order chi connectivity index (χ0) is 24.0. The lowest BCUT2D eigenvalue weighted by atomic mass is 9.97. The highest BCUT2D eigenvalue weighted by molar-refractivity contribution is 6.31. The average molecular weight is 501 g/mol. The van der Waals surface area contributed by atoms with Gasteiger partial charge in [0.25, 0.3) is 0 Å². The number of ether oxygens (including phenoxy) is 3. The largest absolute Gasteiger partial charge is 0.490 e. The number of carbonyl (C=O) groups excluding carboxylic acids is 1. The van der Waals surface area contributed by atoms with Crippen LogP contribution in [0.4, 0.5) is 0 Å². The van der Waals surface area contributed by atoms with Gasteiger partial charge in [-0.2, -0.15) is 0 Å². The highest BCUT2D eigenvalue weighted by Gasteiger charge is 2.39. The fourth-order valence-corrected chi connectivity index (χ4v) is 4.39. The van der Waals surface area contributed by atoms with Gasteiger partial charge in [-0.1, -0.05) is 53.5 Å². The Morgan fingerprint density at radius 1 is 1.00 bits per heavy atom. The molecule has 0 radical (unpaired) electrons. The summed E-state index contributed by atoms with van der Waals surface area (Å²) in [5.74, 6) is 1.57. The minimum absolute atomic E-state index is 0.0464.